The summed E-state index contributed by atoms with van der Waals surface area (Å²) in [5.41, 5.74) is 0. The number of carbonyl (C=O) groups excluding carboxylic acids is 1. The smallest absolute Gasteiger partial charge is 0.238 e. The topological polar surface area (TPSA) is 86.7 Å². The van der Waals surface area contributed by atoms with E-state index >= 15 is 0 Å². The van der Waals surface area contributed by atoms with Crippen LogP contribution in [0.4, 0.5) is 0 Å². The molecule has 116 valence electrons. The van der Waals surface area contributed by atoms with Crippen molar-refractivity contribution in [3.8, 4) is 0 Å². The van der Waals surface area contributed by atoms with Gasteiger partial charge in [0.2, 0.25) is 15.9 Å². The number of carbonyl (C=O) groups is 1. The number of rotatable bonds is 4. The molecule has 1 aliphatic heterocycles. The van der Waals surface area contributed by atoms with Gasteiger partial charge in [0.05, 0.1) is 6.26 Å². The van der Waals surface area contributed by atoms with Crippen LogP contribution in [0.1, 0.15) is 38.5 Å². The van der Waals surface area contributed by atoms with Gasteiger partial charge in [-0.2, -0.15) is 4.31 Å². The maximum atomic E-state index is 12.3. The first-order valence-corrected chi connectivity index (χ1v) is 9.16. The second-order valence-corrected chi connectivity index (χ2v) is 7.81. The fourth-order valence-electron chi connectivity index (χ4n) is 3.29. The van der Waals surface area contributed by atoms with Crippen LogP contribution in [0.15, 0.2) is 0 Å². The number of sulfonamides is 1. The first-order chi connectivity index (χ1) is 9.43. The van der Waals surface area contributed by atoms with E-state index in [-0.39, 0.29) is 24.5 Å². The van der Waals surface area contributed by atoms with E-state index in [0.29, 0.717) is 13.0 Å². The molecule has 2 aliphatic rings. The van der Waals surface area contributed by atoms with Gasteiger partial charge in [-0.1, -0.05) is 12.8 Å². The van der Waals surface area contributed by atoms with Crippen LogP contribution in [-0.4, -0.2) is 55.2 Å². The number of amides is 1. The van der Waals surface area contributed by atoms with E-state index in [4.69, 9.17) is 0 Å². The molecule has 1 heterocycles. The normalized spacial score (nSPS) is 32.2. The quantitative estimate of drug-likeness (QED) is 0.770. The number of hydrogen-bond acceptors (Lipinski definition) is 4. The van der Waals surface area contributed by atoms with Gasteiger partial charge in [0.25, 0.3) is 0 Å². The van der Waals surface area contributed by atoms with Gasteiger partial charge in [-0.3, -0.25) is 4.79 Å². The first kappa shape index (κ1) is 15.7. The van der Waals surface area contributed by atoms with E-state index in [0.717, 1.165) is 38.4 Å². The van der Waals surface area contributed by atoms with Crippen molar-refractivity contribution in [3.63, 3.8) is 0 Å². The molecule has 2 fully saturated rings. The molecule has 0 aromatic carbocycles. The summed E-state index contributed by atoms with van der Waals surface area (Å²) in [6.07, 6.45) is 6.35. The summed E-state index contributed by atoms with van der Waals surface area (Å²) in [5, 5.41) is 12.3. The van der Waals surface area contributed by atoms with Crippen molar-refractivity contribution in [2.45, 2.75) is 50.6 Å². The molecule has 2 rings (SSSR count). The van der Waals surface area contributed by atoms with E-state index in [1.165, 1.54) is 4.31 Å². The second-order valence-electron chi connectivity index (χ2n) is 5.87. The summed E-state index contributed by atoms with van der Waals surface area (Å²) in [4.78, 5) is 12.3. The molecule has 1 amide bonds. The van der Waals surface area contributed by atoms with E-state index in [9.17, 15) is 18.3 Å². The minimum Gasteiger partial charge on any atom is -0.396 e. The van der Waals surface area contributed by atoms with Crippen LogP contribution >= 0.6 is 0 Å². The van der Waals surface area contributed by atoms with Crippen LogP contribution in [0.2, 0.25) is 0 Å². The van der Waals surface area contributed by atoms with Crippen LogP contribution in [0.5, 0.6) is 0 Å². The third-order valence-electron chi connectivity index (χ3n) is 4.40. The molecule has 1 saturated carbocycles. The van der Waals surface area contributed by atoms with Crippen LogP contribution in [0.3, 0.4) is 0 Å². The summed E-state index contributed by atoms with van der Waals surface area (Å²) < 4.78 is 24.6. The Labute approximate surface area is 120 Å². The fourth-order valence-corrected chi connectivity index (χ4v) is 4.42. The van der Waals surface area contributed by atoms with Crippen molar-refractivity contribution in [1.29, 1.82) is 0 Å². The van der Waals surface area contributed by atoms with Gasteiger partial charge in [0, 0.05) is 25.1 Å². The van der Waals surface area contributed by atoms with Gasteiger partial charge < -0.3 is 10.4 Å². The zero-order valence-electron chi connectivity index (χ0n) is 11.9. The molecule has 3 unspecified atom stereocenters. The average molecular weight is 304 g/mol. The maximum absolute atomic E-state index is 12.3. The molecule has 6 nitrogen and oxygen atoms in total. The van der Waals surface area contributed by atoms with Gasteiger partial charge >= 0.3 is 0 Å². The molecular weight excluding hydrogens is 280 g/mol. The van der Waals surface area contributed by atoms with E-state index in [2.05, 4.69) is 5.32 Å². The summed E-state index contributed by atoms with van der Waals surface area (Å²) in [7, 11) is -3.33. The Morgan fingerprint density at radius 2 is 1.95 bits per heavy atom. The molecule has 2 N–H and O–H groups in total. The highest BCUT2D eigenvalue weighted by Crippen LogP contribution is 2.25. The van der Waals surface area contributed by atoms with Gasteiger partial charge in [-0.15, -0.1) is 0 Å². The highest BCUT2D eigenvalue weighted by Gasteiger charge is 2.38. The number of aliphatic hydroxyl groups excluding tert-OH is 1. The van der Waals surface area contributed by atoms with Crippen molar-refractivity contribution in [1.82, 2.24) is 9.62 Å². The minimum atomic E-state index is -3.33. The lowest BCUT2D eigenvalue weighted by Gasteiger charge is -2.32. The Balaban J connectivity index is 2.00. The average Bonchev–Trinajstić information content (AvgIpc) is 2.88. The SMILES string of the molecule is CS(=O)(=O)N1CCCC1C(=O)NC1CCCCC1CO. The van der Waals surface area contributed by atoms with Crippen LogP contribution in [0, 0.1) is 5.92 Å². The molecule has 0 aromatic heterocycles. The highest BCUT2D eigenvalue weighted by molar-refractivity contribution is 7.88. The van der Waals surface area contributed by atoms with Crippen LogP contribution in [0.25, 0.3) is 0 Å². The van der Waals surface area contributed by atoms with Gasteiger partial charge in [-0.25, -0.2) is 8.42 Å². The Hall–Kier alpha value is -0.660. The predicted octanol–water partition coefficient (Wildman–Crippen LogP) is 0.0777. The Morgan fingerprint density at radius 1 is 1.25 bits per heavy atom. The van der Waals surface area contributed by atoms with E-state index in [1.54, 1.807) is 0 Å². The molecule has 0 aromatic rings. The standard InChI is InChI=1S/C13H24N2O4S/c1-20(18,19)15-8-4-7-12(15)13(17)14-11-6-3-2-5-10(11)9-16/h10-12,16H,2-9H2,1H3,(H,14,17). The lowest BCUT2D eigenvalue weighted by molar-refractivity contribution is -0.125. The van der Waals surface area contributed by atoms with Crippen molar-refractivity contribution in [2.75, 3.05) is 19.4 Å². The second kappa shape index (κ2) is 6.41. The third-order valence-corrected chi connectivity index (χ3v) is 5.69. The van der Waals surface area contributed by atoms with Crippen LogP contribution in [-0.2, 0) is 14.8 Å². The fraction of sp³-hybridized carbons (Fsp3) is 0.923. The van der Waals surface area contributed by atoms with Gasteiger partial charge in [0.1, 0.15) is 6.04 Å². The predicted molar refractivity (Wildman–Crippen MR) is 75.5 cm³/mol. The minimum absolute atomic E-state index is 0.0248. The molecule has 1 saturated heterocycles. The number of hydrogen-bond donors (Lipinski definition) is 2. The Bertz CT molecular complexity index is 451. The van der Waals surface area contributed by atoms with Gasteiger partial charge in [-0.05, 0) is 25.7 Å². The molecule has 0 bridgehead atoms. The van der Waals surface area contributed by atoms with Crippen molar-refractivity contribution in [2.24, 2.45) is 5.92 Å². The molecular formula is C13H24N2O4S. The summed E-state index contributed by atoms with van der Waals surface area (Å²) in [6, 6.07) is -0.602. The first-order valence-electron chi connectivity index (χ1n) is 7.31. The molecule has 7 heteroatoms. The maximum Gasteiger partial charge on any atom is 0.238 e. The Kier molecular flexibility index (Phi) is 5.04. The van der Waals surface area contributed by atoms with Gasteiger partial charge in [0.15, 0.2) is 0 Å². The molecule has 3 atom stereocenters. The van der Waals surface area contributed by atoms with Crippen molar-refractivity contribution in [3.05, 3.63) is 0 Å². The molecule has 0 spiro atoms. The summed E-state index contributed by atoms with van der Waals surface area (Å²) in [5.74, 6) is -0.112. The number of nitrogens with zero attached hydrogens (tertiary/aromatic N) is 1. The molecule has 0 radical (unpaired) electrons. The lowest BCUT2D eigenvalue weighted by Crippen LogP contribution is -2.51. The van der Waals surface area contributed by atoms with Crippen molar-refractivity contribution < 1.29 is 18.3 Å². The number of nitrogens with one attached hydrogen (secondary N) is 1. The van der Waals surface area contributed by atoms with E-state index in [1.807, 2.05) is 0 Å². The van der Waals surface area contributed by atoms with Crippen LogP contribution < -0.4 is 5.32 Å². The highest BCUT2D eigenvalue weighted by atomic mass is 32.2. The van der Waals surface area contributed by atoms with E-state index < -0.39 is 16.1 Å². The zero-order chi connectivity index (χ0) is 14.8. The largest absolute Gasteiger partial charge is 0.396 e. The zero-order valence-corrected chi connectivity index (χ0v) is 12.7. The third kappa shape index (κ3) is 3.51. The monoisotopic (exact) mass is 304 g/mol. The summed E-state index contributed by atoms with van der Waals surface area (Å²) >= 11 is 0. The molecule has 20 heavy (non-hydrogen) atoms. The number of aliphatic hydroxyl groups is 1. The molecule has 1 aliphatic carbocycles. The Morgan fingerprint density at radius 3 is 2.60 bits per heavy atom. The lowest BCUT2D eigenvalue weighted by atomic mass is 9.85. The van der Waals surface area contributed by atoms with Crippen molar-refractivity contribution >= 4 is 15.9 Å². The summed E-state index contributed by atoms with van der Waals surface area (Å²) in [6.45, 7) is 0.496.